The second-order valence-corrected chi connectivity index (χ2v) is 20.9. The van der Waals surface area contributed by atoms with Crippen LogP contribution < -0.4 is 16.0 Å². The van der Waals surface area contributed by atoms with Crippen LogP contribution in [-0.4, -0.2) is 155 Å². The minimum Gasteiger partial charge on any atom is -0.391 e. The van der Waals surface area contributed by atoms with Crippen LogP contribution in [0.3, 0.4) is 0 Å². The van der Waals surface area contributed by atoms with Crippen LogP contribution in [0, 0.1) is 12.3 Å². The Labute approximate surface area is 436 Å². The number of rotatable bonds is 23. The van der Waals surface area contributed by atoms with Gasteiger partial charge in [0.1, 0.15) is 36.5 Å². The van der Waals surface area contributed by atoms with Crippen molar-refractivity contribution in [2.45, 2.75) is 71.9 Å². The van der Waals surface area contributed by atoms with Crippen LogP contribution in [0.5, 0.6) is 0 Å². The van der Waals surface area contributed by atoms with E-state index in [1.807, 2.05) is 81.7 Å². The first-order valence-corrected chi connectivity index (χ1v) is 26.2. The van der Waals surface area contributed by atoms with Crippen molar-refractivity contribution in [2.24, 2.45) is 5.41 Å². The quantitative estimate of drug-likeness (QED) is 0.0449. The molecule has 5 N–H and O–H groups in total. The maximum atomic E-state index is 14.0. The Bertz CT molecular complexity index is 2760. The largest absolute Gasteiger partial charge is 0.391 e. The average Bonchev–Trinajstić information content (AvgIpc) is 4.14. The van der Waals surface area contributed by atoms with E-state index < -0.39 is 35.4 Å². The summed E-state index contributed by atoms with van der Waals surface area (Å²) in [5.41, 5.74) is 9.17. The van der Waals surface area contributed by atoms with Gasteiger partial charge >= 0.3 is 0 Å². The van der Waals surface area contributed by atoms with Crippen LogP contribution in [-0.2, 0) is 48.2 Å². The summed E-state index contributed by atoms with van der Waals surface area (Å²) >= 11 is 7.94. The topological polar surface area (TPSA) is 199 Å². The lowest BCUT2D eigenvalue weighted by Gasteiger charge is -2.35. The number of likely N-dealkylation sites (tertiary alicyclic amines) is 1. The number of nitrogens with one attached hydrogen (secondary N) is 4. The van der Waals surface area contributed by atoms with Gasteiger partial charge in [-0.1, -0.05) is 99.1 Å². The molecular formula is C54H67ClN10O7S. The minimum atomic E-state index is -0.951. The summed E-state index contributed by atoms with van der Waals surface area (Å²) in [5.74, 6) is -0.498. The first-order chi connectivity index (χ1) is 35.3. The lowest BCUT2D eigenvalue weighted by molar-refractivity contribution is -0.144. The van der Waals surface area contributed by atoms with E-state index in [1.54, 1.807) is 17.7 Å². The number of piperazine rings is 1. The lowest BCUT2D eigenvalue weighted by atomic mass is 9.85. The van der Waals surface area contributed by atoms with Crippen LogP contribution in [0.4, 0.5) is 5.82 Å². The molecule has 2 saturated heterocycles. The number of aliphatic hydroxyl groups excluding tert-OH is 1. The van der Waals surface area contributed by atoms with E-state index in [4.69, 9.17) is 25.8 Å². The highest BCUT2D eigenvalue weighted by atomic mass is 35.5. The normalized spacial score (nSPS) is 17.0. The number of aromatic amines is 1. The third-order valence-electron chi connectivity index (χ3n) is 13.2. The molecule has 2 aliphatic heterocycles. The molecule has 0 aliphatic carbocycles. The number of benzene rings is 3. The number of hydrogen-bond acceptors (Lipinski definition) is 14. The van der Waals surface area contributed by atoms with Crippen molar-refractivity contribution in [1.82, 2.24) is 45.3 Å². The smallest absolute Gasteiger partial charge is 0.246 e. The molecule has 73 heavy (non-hydrogen) atoms. The number of aryl methyl sites for hydroxylation is 1. The number of amides is 3. The molecule has 19 heteroatoms. The monoisotopic (exact) mass is 1030 g/mol. The van der Waals surface area contributed by atoms with Gasteiger partial charge < -0.3 is 45.2 Å². The predicted octanol–water partition coefficient (Wildman–Crippen LogP) is 6.30. The van der Waals surface area contributed by atoms with Crippen LogP contribution in [0.15, 0.2) is 90.7 Å². The molecule has 0 bridgehead atoms. The fourth-order valence-electron chi connectivity index (χ4n) is 9.06. The van der Waals surface area contributed by atoms with Crippen LogP contribution in [0.25, 0.3) is 32.7 Å². The lowest BCUT2D eigenvalue weighted by Crippen LogP contribution is -2.58. The molecule has 2 aliphatic rings. The van der Waals surface area contributed by atoms with Crippen molar-refractivity contribution >= 4 is 57.5 Å². The molecule has 3 amide bonds. The van der Waals surface area contributed by atoms with Gasteiger partial charge in [0.15, 0.2) is 0 Å². The summed E-state index contributed by atoms with van der Waals surface area (Å²) in [5, 5.41) is 21.4. The van der Waals surface area contributed by atoms with E-state index in [1.165, 1.54) is 10.5 Å². The molecule has 0 unspecified atom stereocenters. The van der Waals surface area contributed by atoms with Crippen LogP contribution in [0.1, 0.15) is 49.6 Å². The molecule has 3 aromatic heterocycles. The summed E-state index contributed by atoms with van der Waals surface area (Å²) in [4.78, 5) is 64.5. The van der Waals surface area contributed by atoms with E-state index >= 15 is 0 Å². The summed E-state index contributed by atoms with van der Waals surface area (Å²) in [7, 11) is 0. The number of ether oxygens (including phenoxy) is 3. The molecule has 0 radical (unpaired) electrons. The van der Waals surface area contributed by atoms with Crippen molar-refractivity contribution in [2.75, 3.05) is 84.2 Å². The number of aliphatic hydroxyl groups is 1. The van der Waals surface area contributed by atoms with Crippen LogP contribution in [0.2, 0.25) is 5.02 Å². The van der Waals surface area contributed by atoms with Gasteiger partial charge in [-0.25, -0.2) is 15.0 Å². The van der Waals surface area contributed by atoms with Gasteiger partial charge in [-0.05, 0) is 52.3 Å². The van der Waals surface area contributed by atoms with E-state index in [9.17, 15) is 19.5 Å². The van der Waals surface area contributed by atoms with Gasteiger partial charge in [-0.15, -0.1) is 11.3 Å². The summed E-state index contributed by atoms with van der Waals surface area (Å²) in [6.07, 6.45) is 0.806. The van der Waals surface area contributed by atoms with E-state index in [0.717, 1.165) is 99.7 Å². The standard InChI is InChI=1S/C54H67ClN10O7S/c1-36-48(73-35-60-36)40-15-9-37(10-16-40)29-57-52(68)46-27-42(66)32-65(46)53(69)49(54(2,3)4)62-47(67)33-72-26-25-71-24-23-70-22-21-63-17-19-64(20-18-63)31-38-11-13-39(14-12-38)45-28-43-50(58-34-59-51(43)61-45)56-30-41-7-5-6-8-44(41)55/h5-16,28,34-35,42,46,49,66H,17-27,29-33H2,1-4H3,(H,57,68)(H,62,67)(H2,56,58,59,61)/t42-,46+,49-/m1/s1. The van der Waals surface area contributed by atoms with Crippen LogP contribution >= 0.6 is 22.9 Å². The van der Waals surface area contributed by atoms with Gasteiger partial charge in [-0.2, -0.15) is 0 Å². The van der Waals surface area contributed by atoms with Gasteiger partial charge in [-0.3, -0.25) is 24.2 Å². The third kappa shape index (κ3) is 14.7. The number of H-pyrrole nitrogens is 1. The maximum absolute atomic E-state index is 14.0. The third-order valence-corrected chi connectivity index (χ3v) is 14.6. The van der Waals surface area contributed by atoms with Gasteiger partial charge in [0.25, 0.3) is 0 Å². The first kappa shape index (κ1) is 53.5. The number of nitrogens with zero attached hydrogens (tertiary/aromatic N) is 6. The first-order valence-electron chi connectivity index (χ1n) is 24.9. The van der Waals surface area contributed by atoms with Crippen molar-refractivity contribution < 1.29 is 33.7 Å². The molecule has 8 rings (SSSR count). The van der Waals surface area contributed by atoms with Crippen molar-refractivity contribution in [3.8, 4) is 21.7 Å². The Balaban J connectivity index is 0.670. The maximum Gasteiger partial charge on any atom is 0.246 e. The molecule has 3 aromatic carbocycles. The molecule has 388 valence electrons. The zero-order valence-corrected chi connectivity index (χ0v) is 43.6. The predicted molar refractivity (Wildman–Crippen MR) is 284 cm³/mol. The molecule has 6 aromatic rings. The minimum absolute atomic E-state index is 0.00586. The number of carbonyl (C=O) groups is 3. The summed E-state index contributed by atoms with van der Waals surface area (Å²) < 4.78 is 17.1. The Hall–Kier alpha value is -5.83. The second-order valence-electron chi connectivity index (χ2n) is 19.6. The summed E-state index contributed by atoms with van der Waals surface area (Å²) in [6.45, 7) is 15.6. The number of fused-ring (bicyclic) bond motifs is 1. The molecule has 5 heterocycles. The second kappa shape index (κ2) is 25.4. The highest BCUT2D eigenvalue weighted by Crippen LogP contribution is 2.30. The Morgan fingerprint density at radius 2 is 1.53 bits per heavy atom. The molecule has 0 spiro atoms. The molecule has 2 fully saturated rings. The molecule has 3 atom stereocenters. The van der Waals surface area contributed by atoms with Crippen molar-refractivity contribution in [3.63, 3.8) is 0 Å². The summed E-state index contributed by atoms with van der Waals surface area (Å²) in [6, 6.07) is 24.6. The number of anilines is 1. The molecular weight excluding hydrogens is 968 g/mol. The number of thiazole rings is 1. The zero-order valence-electron chi connectivity index (χ0n) is 42.1. The highest BCUT2D eigenvalue weighted by Gasteiger charge is 2.44. The Kier molecular flexibility index (Phi) is 18.6. The molecule has 0 saturated carbocycles. The Morgan fingerprint density at radius 1 is 0.849 bits per heavy atom. The van der Waals surface area contributed by atoms with Gasteiger partial charge in [0.2, 0.25) is 17.7 Å². The Morgan fingerprint density at radius 3 is 2.25 bits per heavy atom. The fourth-order valence-corrected chi connectivity index (χ4v) is 10.1. The molecule has 17 nitrogen and oxygen atoms in total. The number of halogens is 1. The van der Waals surface area contributed by atoms with Gasteiger partial charge in [0, 0.05) is 76.0 Å². The van der Waals surface area contributed by atoms with Crippen molar-refractivity contribution in [1.29, 1.82) is 0 Å². The number of β-amino-alcohol motifs (C(OH)–C–C–N with tert-alkyl or cyclic N) is 1. The van der Waals surface area contributed by atoms with E-state index in [-0.39, 0.29) is 45.2 Å². The van der Waals surface area contributed by atoms with Crippen molar-refractivity contribution in [3.05, 3.63) is 118 Å². The number of carbonyl (C=O) groups excluding carboxylic acids is 3. The SMILES string of the molecule is Cc1ncsc1-c1ccc(CNC(=O)[C@@H]2C[C@@H](O)CN2C(=O)[C@@H](NC(=O)COCCOCCOCCN2CCN(Cc3ccc(-c4cc5c(NCc6ccccc6Cl)ncnc5[nH]4)cc3)CC2)C(C)(C)C)cc1. The van der Waals surface area contributed by atoms with E-state index in [0.29, 0.717) is 26.4 Å². The zero-order chi connectivity index (χ0) is 51.3. The fraction of sp³-hybridized carbons (Fsp3) is 0.444. The highest BCUT2D eigenvalue weighted by molar-refractivity contribution is 7.13. The van der Waals surface area contributed by atoms with Gasteiger partial charge in [0.05, 0.1) is 60.6 Å². The van der Waals surface area contributed by atoms with E-state index in [2.05, 4.69) is 76.0 Å². The average molecular weight is 1040 g/mol. The number of aromatic nitrogens is 4. The number of hydrogen-bond donors (Lipinski definition) is 5.